The van der Waals surface area contributed by atoms with E-state index in [2.05, 4.69) is 28.0 Å². The van der Waals surface area contributed by atoms with Crippen molar-refractivity contribution in [1.82, 2.24) is 9.78 Å². The number of aromatic nitrogens is 2. The SMILES string of the molecule is CCc1nn(C)c(CC(N)c2ccc(C)c(Cl)c2)c1Br. The molecule has 0 aliphatic heterocycles. The Balaban J connectivity index is 2.25. The monoisotopic (exact) mass is 355 g/mol. The summed E-state index contributed by atoms with van der Waals surface area (Å²) in [6.45, 7) is 4.08. The first-order valence-corrected chi connectivity index (χ1v) is 7.83. The molecule has 1 heterocycles. The molecule has 0 saturated heterocycles. The Kier molecular flexibility index (Phi) is 4.89. The van der Waals surface area contributed by atoms with Crippen LogP contribution in [-0.4, -0.2) is 9.78 Å². The maximum absolute atomic E-state index is 6.31. The molecule has 5 heteroatoms. The highest BCUT2D eigenvalue weighted by molar-refractivity contribution is 9.10. The Bertz CT molecular complexity index is 622. The Morgan fingerprint density at radius 2 is 2.15 bits per heavy atom. The van der Waals surface area contributed by atoms with E-state index >= 15 is 0 Å². The molecule has 0 bridgehead atoms. The number of nitrogens with zero attached hydrogens (tertiary/aromatic N) is 2. The Morgan fingerprint density at radius 1 is 1.45 bits per heavy atom. The van der Waals surface area contributed by atoms with Gasteiger partial charge in [-0.1, -0.05) is 30.7 Å². The summed E-state index contributed by atoms with van der Waals surface area (Å²) < 4.78 is 2.97. The molecule has 2 rings (SSSR count). The molecule has 1 unspecified atom stereocenters. The van der Waals surface area contributed by atoms with Crippen LogP contribution >= 0.6 is 27.5 Å². The highest BCUT2D eigenvalue weighted by Gasteiger charge is 2.17. The zero-order valence-electron chi connectivity index (χ0n) is 12.0. The number of hydrogen-bond acceptors (Lipinski definition) is 2. The fourth-order valence-electron chi connectivity index (χ4n) is 2.21. The van der Waals surface area contributed by atoms with E-state index in [1.807, 2.05) is 36.9 Å². The molecular formula is C15H19BrClN3. The minimum absolute atomic E-state index is 0.0930. The van der Waals surface area contributed by atoms with Crippen molar-refractivity contribution < 1.29 is 0 Å². The first-order chi connectivity index (χ1) is 9.43. The van der Waals surface area contributed by atoms with Gasteiger partial charge in [-0.25, -0.2) is 0 Å². The van der Waals surface area contributed by atoms with Crippen LogP contribution in [0.4, 0.5) is 0 Å². The molecule has 1 aromatic heterocycles. The largest absolute Gasteiger partial charge is 0.324 e. The van der Waals surface area contributed by atoms with Crippen LogP contribution in [0.2, 0.25) is 5.02 Å². The lowest BCUT2D eigenvalue weighted by molar-refractivity contribution is 0.637. The van der Waals surface area contributed by atoms with Gasteiger partial charge in [-0.05, 0) is 46.5 Å². The minimum atomic E-state index is -0.0930. The second-order valence-corrected chi connectivity index (χ2v) is 6.20. The molecule has 20 heavy (non-hydrogen) atoms. The smallest absolute Gasteiger partial charge is 0.0766 e. The van der Waals surface area contributed by atoms with E-state index in [-0.39, 0.29) is 6.04 Å². The maximum atomic E-state index is 6.31. The van der Waals surface area contributed by atoms with Crippen LogP contribution in [0.15, 0.2) is 22.7 Å². The minimum Gasteiger partial charge on any atom is -0.324 e. The normalized spacial score (nSPS) is 12.7. The number of aryl methyl sites for hydroxylation is 3. The van der Waals surface area contributed by atoms with E-state index in [9.17, 15) is 0 Å². The fourth-order valence-corrected chi connectivity index (χ4v) is 3.17. The predicted octanol–water partition coefficient (Wildman–Crippen LogP) is 3.95. The van der Waals surface area contributed by atoms with Crippen LogP contribution in [0.5, 0.6) is 0 Å². The van der Waals surface area contributed by atoms with Crippen molar-refractivity contribution in [2.24, 2.45) is 12.8 Å². The first kappa shape index (κ1) is 15.5. The highest BCUT2D eigenvalue weighted by atomic mass is 79.9. The maximum Gasteiger partial charge on any atom is 0.0766 e. The quantitative estimate of drug-likeness (QED) is 0.901. The fraction of sp³-hybridized carbons (Fsp3) is 0.400. The van der Waals surface area contributed by atoms with Crippen molar-refractivity contribution in [3.63, 3.8) is 0 Å². The molecule has 0 aliphatic rings. The van der Waals surface area contributed by atoms with Gasteiger partial charge in [-0.15, -0.1) is 0 Å². The summed E-state index contributed by atoms with van der Waals surface area (Å²) in [6.07, 6.45) is 1.63. The lowest BCUT2D eigenvalue weighted by Gasteiger charge is -2.14. The molecule has 3 nitrogen and oxygen atoms in total. The summed E-state index contributed by atoms with van der Waals surface area (Å²) in [5, 5.41) is 5.26. The molecule has 0 amide bonds. The van der Waals surface area contributed by atoms with Crippen molar-refractivity contribution >= 4 is 27.5 Å². The number of hydrogen-bond donors (Lipinski definition) is 1. The lowest BCUT2D eigenvalue weighted by atomic mass is 10.0. The topological polar surface area (TPSA) is 43.8 Å². The number of benzene rings is 1. The van der Waals surface area contributed by atoms with E-state index in [1.54, 1.807) is 0 Å². The molecule has 0 fully saturated rings. The number of halogens is 2. The van der Waals surface area contributed by atoms with Gasteiger partial charge in [0.15, 0.2) is 0 Å². The number of nitrogens with two attached hydrogens (primary N) is 1. The summed E-state index contributed by atoms with van der Waals surface area (Å²) in [5.74, 6) is 0. The molecule has 2 N–H and O–H groups in total. The Morgan fingerprint density at radius 3 is 2.70 bits per heavy atom. The molecule has 108 valence electrons. The van der Waals surface area contributed by atoms with Crippen molar-refractivity contribution in [2.45, 2.75) is 32.7 Å². The van der Waals surface area contributed by atoms with Crippen LogP contribution in [-0.2, 0) is 19.9 Å². The van der Waals surface area contributed by atoms with Crippen molar-refractivity contribution in [1.29, 1.82) is 0 Å². The van der Waals surface area contributed by atoms with Gasteiger partial charge < -0.3 is 5.73 Å². The van der Waals surface area contributed by atoms with E-state index in [1.165, 1.54) is 0 Å². The van der Waals surface area contributed by atoms with Crippen LogP contribution < -0.4 is 5.73 Å². The average Bonchev–Trinajstić information content (AvgIpc) is 2.69. The third-order valence-corrected chi connectivity index (χ3v) is 4.86. The Hall–Kier alpha value is -0.840. The second-order valence-electron chi connectivity index (χ2n) is 5.00. The van der Waals surface area contributed by atoms with Gasteiger partial charge in [0, 0.05) is 24.5 Å². The summed E-state index contributed by atoms with van der Waals surface area (Å²) in [7, 11) is 1.95. The van der Waals surface area contributed by atoms with Crippen molar-refractivity contribution in [3.05, 3.63) is 50.2 Å². The van der Waals surface area contributed by atoms with Gasteiger partial charge in [-0.3, -0.25) is 4.68 Å². The third kappa shape index (κ3) is 3.08. The van der Waals surface area contributed by atoms with Crippen LogP contribution in [0.3, 0.4) is 0 Å². The van der Waals surface area contributed by atoms with Crippen molar-refractivity contribution in [2.75, 3.05) is 0 Å². The zero-order chi connectivity index (χ0) is 14.9. The molecule has 0 aliphatic carbocycles. The van der Waals surface area contributed by atoms with Gasteiger partial charge in [0.25, 0.3) is 0 Å². The van der Waals surface area contributed by atoms with E-state index < -0.39 is 0 Å². The van der Waals surface area contributed by atoms with E-state index in [0.717, 1.165) is 44.9 Å². The number of rotatable bonds is 4. The van der Waals surface area contributed by atoms with Gasteiger partial charge >= 0.3 is 0 Å². The van der Waals surface area contributed by atoms with E-state index in [0.29, 0.717) is 0 Å². The van der Waals surface area contributed by atoms with Crippen molar-refractivity contribution in [3.8, 4) is 0 Å². The average molecular weight is 357 g/mol. The standard InChI is InChI=1S/C15H19BrClN3/c1-4-13-15(16)14(20(3)19-13)8-12(18)10-6-5-9(2)11(17)7-10/h5-7,12H,4,8,18H2,1-3H3. The molecule has 1 atom stereocenters. The first-order valence-electron chi connectivity index (χ1n) is 6.65. The molecule has 0 radical (unpaired) electrons. The summed E-state index contributed by atoms with van der Waals surface area (Å²) in [5.41, 5.74) is 10.6. The van der Waals surface area contributed by atoms with Crippen LogP contribution in [0.1, 0.15) is 35.5 Å². The summed E-state index contributed by atoms with van der Waals surface area (Å²) in [4.78, 5) is 0. The Labute approximate surface area is 133 Å². The summed E-state index contributed by atoms with van der Waals surface area (Å²) in [6, 6.07) is 5.90. The van der Waals surface area contributed by atoms with Crippen LogP contribution in [0, 0.1) is 6.92 Å². The molecule has 1 aromatic carbocycles. The second kappa shape index (κ2) is 6.29. The van der Waals surface area contributed by atoms with Gasteiger partial charge in [-0.2, -0.15) is 5.10 Å². The third-order valence-electron chi connectivity index (χ3n) is 3.54. The predicted molar refractivity (Wildman–Crippen MR) is 87.1 cm³/mol. The van der Waals surface area contributed by atoms with Crippen LogP contribution in [0.25, 0.3) is 0 Å². The molecule has 2 aromatic rings. The van der Waals surface area contributed by atoms with Gasteiger partial charge in [0.05, 0.1) is 15.9 Å². The molecule has 0 saturated carbocycles. The zero-order valence-corrected chi connectivity index (χ0v) is 14.3. The molecular weight excluding hydrogens is 338 g/mol. The molecule has 0 spiro atoms. The highest BCUT2D eigenvalue weighted by Crippen LogP contribution is 2.27. The summed E-state index contributed by atoms with van der Waals surface area (Å²) >= 11 is 9.79. The van der Waals surface area contributed by atoms with Gasteiger partial charge in [0.2, 0.25) is 0 Å². The van der Waals surface area contributed by atoms with Gasteiger partial charge in [0.1, 0.15) is 0 Å². The van der Waals surface area contributed by atoms with E-state index in [4.69, 9.17) is 17.3 Å². The lowest BCUT2D eigenvalue weighted by Crippen LogP contribution is -2.15.